The van der Waals surface area contributed by atoms with Crippen LogP contribution in [0.2, 0.25) is 0 Å². The Morgan fingerprint density at radius 3 is 2.31 bits per heavy atom. The number of aliphatic hydroxyl groups excluding tert-OH is 1. The van der Waals surface area contributed by atoms with Gasteiger partial charge in [-0.2, -0.15) is 0 Å². The van der Waals surface area contributed by atoms with Crippen LogP contribution in [-0.2, 0) is 16.0 Å². The Labute approximate surface area is 192 Å². The van der Waals surface area contributed by atoms with E-state index in [1.807, 2.05) is 30.5 Å². The van der Waals surface area contributed by atoms with Crippen molar-refractivity contribution < 1.29 is 14.7 Å². The maximum atomic E-state index is 12.7. The number of para-hydroxylation sites is 1. The zero-order valence-electron chi connectivity index (χ0n) is 19.8. The highest BCUT2D eigenvalue weighted by Gasteiger charge is 2.36. The molecule has 2 atom stereocenters. The fraction of sp³-hybridized carbons (Fsp3) is 0.615. The number of amides is 1. The molecule has 178 valence electrons. The van der Waals surface area contributed by atoms with Crippen LogP contribution in [0.3, 0.4) is 0 Å². The summed E-state index contributed by atoms with van der Waals surface area (Å²) in [6.07, 6.45) is 13.8. The zero-order chi connectivity index (χ0) is 23.2. The summed E-state index contributed by atoms with van der Waals surface area (Å²) in [5.74, 6) is -0.307. The Balaban J connectivity index is 1.75. The number of nitrogens with one attached hydrogen (secondary N) is 3. The monoisotopic (exact) mass is 443 g/mol. The van der Waals surface area contributed by atoms with Crippen LogP contribution in [0.1, 0.15) is 83.6 Å². The SMILES string of the molecule is CCCCCCCCCCCCN[C@](C=O)(NC(=O)Cc1c[nH]c2ccccc12)[C@@H](C)O. The molecular formula is C26H41N3O3. The van der Waals surface area contributed by atoms with Gasteiger partial charge in [0.2, 0.25) is 5.91 Å². The summed E-state index contributed by atoms with van der Waals surface area (Å²) in [4.78, 5) is 27.7. The summed E-state index contributed by atoms with van der Waals surface area (Å²) in [6, 6.07) is 7.78. The largest absolute Gasteiger partial charge is 0.389 e. The van der Waals surface area contributed by atoms with Gasteiger partial charge in [0.05, 0.1) is 12.5 Å². The van der Waals surface area contributed by atoms with Crippen LogP contribution in [0, 0.1) is 0 Å². The van der Waals surface area contributed by atoms with Crippen molar-refractivity contribution in [1.82, 2.24) is 15.6 Å². The van der Waals surface area contributed by atoms with Crippen molar-refractivity contribution >= 4 is 23.1 Å². The first-order valence-electron chi connectivity index (χ1n) is 12.3. The molecule has 1 heterocycles. The molecule has 0 unspecified atom stereocenters. The summed E-state index contributed by atoms with van der Waals surface area (Å²) >= 11 is 0. The fourth-order valence-electron chi connectivity index (χ4n) is 4.10. The summed E-state index contributed by atoms with van der Waals surface area (Å²) in [5.41, 5.74) is 0.354. The molecule has 0 aliphatic rings. The molecule has 0 spiro atoms. The molecule has 2 aromatic rings. The topological polar surface area (TPSA) is 94.2 Å². The van der Waals surface area contributed by atoms with Gasteiger partial charge in [0.1, 0.15) is 0 Å². The van der Waals surface area contributed by atoms with E-state index in [4.69, 9.17) is 0 Å². The molecule has 1 aromatic carbocycles. The number of aromatic amines is 1. The molecule has 0 radical (unpaired) electrons. The molecule has 4 N–H and O–H groups in total. The first-order valence-corrected chi connectivity index (χ1v) is 12.3. The Bertz CT molecular complexity index is 818. The van der Waals surface area contributed by atoms with E-state index in [1.165, 1.54) is 58.3 Å². The lowest BCUT2D eigenvalue weighted by Crippen LogP contribution is -2.66. The standard InChI is InChI=1S/C26H41N3O3/c1-3-4-5-6-7-8-9-10-11-14-17-28-26(20-30,21(2)31)29-25(32)18-22-19-27-24-16-13-12-15-23(22)24/h12-13,15-16,19-21,27-28,31H,3-11,14,17-18H2,1-2H3,(H,29,32)/t21-,26-/m1/s1. The van der Waals surface area contributed by atoms with E-state index < -0.39 is 11.8 Å². The zero-order valence-corrected chi connectivity index (χ0v) is 19.8. The molecule has 0 saturated carbocycles. The number of hydrogen-bond donors (Lipinski definition) is 4. The first-order chi connectivity index (χ1) is 15.5. The van der Waals surface area contributed by atoms with Gasteiger partial charge in [-0.1, -0.05) is 82.9 Å². The molecule has 1 amide bonds. The van der Waals surface area contributed by atoms with Gasteiger partial charge in [0.15, 0.2) is 11.9 Å². The van der Waals surface area contributed by atoms with E-state index in [0.29, 0.717) is 12.8 Å². The van der Waals surface area contributed by atoms with Crippen LogP contribution < -0.4 is 10.6 Å². The van der Waals surface area contributed by atoms with Crippen LogP contribution in [0.4, 0.5) is 0 Å². The second kappa shape index (κ2) is 14.1. The summed E-state index contributed by atoms with van der Waals surface area (Å²) in [6.45, 7) is 4.32. The molecule has 0 aliphatic heterocycles. The third kappa shape index (κ3) is 8.06. The molecule has 6 nitrogen and oxygen atoms in total. The molecule has 0 aliphatic carbocycles. The minimum atomic E-state index is -1.47. The predicted molar refractivity (Wildman–Crippen MR) is 130 cm³/mol. The number of aliphatic hydroxyl groups is 1. The van der Waals surface area contributed by atoms with Gasteiger partial charge in [-0.15, -0.1) is 0 Å². The van der Waals surface area contributed by atoms with Gasteiger partial charge < -0.3 is 15.4 Å². The molecule has 0 saturated heterocycles. The van der Waals surface area contributed by atoms with Crippen molar-refractivity contribution in [2.75, 3.05) is 6.54 Å². The van der Waals surface area contributed by atoms with Crippen molar-refractivity contribution in [2.24, 2.45) is 0 Å². The maximum Gasteiger partial charge on any atom is 0.226 e. The van der Waals surface area contributed by atoms with Crippen LogP contribution in [-0.4, -0.2) is 40.6 Å². The van der Waals surface area contributed by atoms with Crippen molar-refractivity contribution in [3.05, 3.63) is 36.0 Å². The van der Waals surface area contributed by atoms with E-state index in [9.17, 15) is 14.7 Å². The summed E-state index contributed by atoms with van der Waals surface area (Å²) in [5, 5.41) is 17.1. The van der Waals surface area contributed by atoms with Crippen LogP contribution in [0.25, 0.3) is 10.9 Å². The average Bonchev–Trinajstić information content (AvgIpc) is 3.19. The number of fused-ring (bicyclic) bond motifs is 1. The number of aldehydes is 1. The summed E-state index contributed by atoms with van der Waals surface area (Å²) in [7, 11) is 0. The van der Waals surface area contributed by atoms with Gasteiger partial charge in [-0.05, 0) is 31.5 Å². The molecule has 2 rings (SSSR count). The minimum Gasteiger partial charge on any atom is -0.389 e. The van der Waals surface area contributed by atoms with E-state index in [1.54, 1.807) is 0 Å². The van der Waals surface area contributed by atoms with Crippen LogP contribution in [0.15, 0.2) is 30.5 Å². The number of rotatable bonds is 17. The Morgan fingerprint density at radius 1 is 1.06 bits per heavy atom. The highest BCUT2D eigenvalue weighted by molar-refractivity contribution is 5.90. The number of aromatic nitrogens is 1. The second-order valence-corrected chi connectivity index (χ2v) is 8.86. The maximum absolute atomic E-state index is 12.7. The first kappa shape index (κ1) is 26.1. The Hall–Kier alpha value is -2.18. The van der Waals surface area contributed by atoms with Gasteiger partial charge >= 0.3 is 0 Å². The van der Waals surface area contributed by atoms with E-state index >= 15 is 0 Å². The second-order valence-electron chi connectivity index (χ2n) is 8.86. The Kier molecular flexibility index (Phi) is 11.5. The molecule has 0 bridgehead atoms. The van der Waals surface area contributed by atoms with Crippen molar-refractivity contribution in [1.29, 1.82) is 0 Å². The normalized spacial score (nSPS) is 14.2. The molecule has 32 heavy (non-hydrogen) atoms. The van der Waals surface area contributed by atoms with Crippen molar-refractivity contribution in [2.45, 2.75) is 96.2 Å². The van der Waals surface area contributed by atoms with Gasteiger partial charge in [-0.3, -0.25) is 14.9 Å². The van der Waals surface area contributed by atoms with Gasteiger partial charge in [0, 0.05) is 17.1 Å². The number of hydrogen-bond acceptors (Lipinski definition) is 4. The van der Waals surface area contributed by atoms with E-state index in [0.717, 1.165) is 29.3 Å². The van der Waals surface area contributed by atoms with Crippen molar-refractivity contribution in [3.8, 4) is 0 Å². The smallest absolute Gasteiger partial charge is 0.226 e. The number of benzene rings is 1. The molecule has 1 aromatic heterocycles. The molecular weight excluding hydrogens is 402 g/mol. The summed E-state index contributed by atoms with van der Waals surface area (Å²) < 4.78 is 0. The average molecular weight is 444 g/mol. The van der Waals surface area contributed by atoms with Crippen LogP contribution in [0.5, 0.6) is 0 Å². The molecule has 0 fully saturated rings. The quantitative estimate of drug-likeness (QED) is 0.163. The number of carbonyl (C=O) groups is 2. The number of H-pyrrole nitrogens is 1. The third-order valence-corrected chi connectivity index (χ3v) is 6.16. The lowest BCUT2D eigenvalue weighted by Gasteiger charge is -2.33. The third-order valence-electron chi connectivity index (χ3n) is 6.16. The van der Waals surface area contributed by atoms with Crippen molar-refractivity contribution in [3.63, 3.8) is 0 Å². The van der Waals surface area contributed by atoms with Gasteiger partial charge in [0.25, 0.3) is 0 Å². The van der Waals surface area contributed by atoms with E-state index in [-0.39, 0.29) is 12.3 Å². The minimum absolute atomic E-state index is 0.131. The lowest BCUT2D eigenvalue weighted by molar-refractivity contribution is -0.131. The highest BCUT2D eigenvalue weighted by atomic mass is 16.3. The lowest BCUT2D eigenvalue weighted by atomic mass is 10.0. The fourth-order valence-corrected chi connectivity index (χ4v) is 4.10. The van der Waals surface area contributed by atoms with Crippen LogP contribution >= 0.6 is 0 Å². The number of unbranched alkanes of at least 4 members (excludes halogenated alkanes) is 9. The van der Waals surface area contributed by atoms with E-state index in [2.05, 4.69) is 22.5 Å². The number of carbonyl (C=O) groups excluding carboxylic acids is 2. The highest BCUT2D eigenvalue weighted by Crippen LogP contribution is 2.18. The van der Waals surface area contributed by atoms with Gasteiger partial charge in [-0.25, -0.2) is 0 Å². The Morgan fingerprint density at radius 2 is 1.69 bits per heavy atom. The predicted octanol–water partition coefficient (Wildman–Crippen LogP) is 4.61. The molecule has 6 heteroatoms.